The normalized spacial score (nSPS) is 28.0. The first-order chi connectivity index (χ1) is 5.95. The molecule has 0 aromatic heterocycles. The molecule has 2 nitrogen and oxygen atoms in total. The van der Waals surface area contributed by atoms with Crippen LogP contribution in [0.25, 0.3) is 0 Å². The zero-order chi connectivity index (χ0) is 10.1. The third kappa shape index (κ3) is 2.63. The third-order valence-corrected chi connectivity index (χ3v) is 3.68. The van der Waals surface area contributed by atoms with Crippen molar-refractivity contribution in [3.05, 3.63) is 0 Å². The zero-order valence-electron chi connectivity index (χ0n) is 8.89. The summed E-state index contributed by atoms with van der Waals surface area (Å²) in [5.41, 5.74) is -0.251. The number of nitrogens with one attached hydrogen (secondary N) is 1. The molecule has 0 radical (unpaired) electrons. The van der Waals surface area contributed by atoms with E-state index in [1.165, 1.54) is 6.42 Å². The first kappa shape index (κ1) is 10.9. The molecule has 0 spiro atoms. The Morgan fingerprint density at radius 1 is 1.38 bits per heavy atom. The molecular weight excluding hydrogens is 182 g/mol. The molecule has 2 unspecified atom stereocenters. The lowest BCUT2D eigenvalue weighted by atomic mass is 9.89. The SMILES string of the molecule is CSC1CCC1NC(=O)C(C)(C)C. The quantitative estimate of drug-likeness (QED) is 0.741. The lowest BCUT2D eigenvalue weighted by Gasteiger charge is -2.37. The van der Waals surface area contributed by atoms with Crippen LogP contribution in [0.5, 0.6) is 0 Å². The highest BCUT2D eigenvalue weighted by Crippen LogP contribution is 2.30. The Labute approximate surface area is 84.9 Å². The number of rotatable bonds is 2. The van der Waals surface area contributed by atoms with E-state index < -0.39 is 0 Å². The van der Waals surface area contributed by atoms with Gasteiger partial charge in [0.25, 0.3) is 0 Å². The highest BCUT2D eigenvalue weighted by Gasteiger charge is 2.33. The van der Waals surface area contributed by atoms with Gasteiger partial charge in [-0.3, -0.25) is 4.79 Å². The van der Waals surface area contributed by atoms with Gasteiger partial charge in [0.1, 0.15) is 0 Å². The number of hydrogen-bond donors (Lipinski definition) is 1. The first-order valence-electron chi connectivity index (χ1n) is 4.79. The van der Waals surface area contributed by atoms with Gasteiger partial charge in [-0.1, -0.05) is 20.8 Å². The van der Waals surface area contributed by atoms with Crippen molar-refractivity contribution < 1.29 is 4.79 Å². The van der Waals surface area contributed by atoms with Gasteiger partial charge < -0.3 is 5.32 Å². The third-order valence-electron chi connectivity index (χ3n) is 2.51. The van der Waals surface area contributed by atoms with Gasteiger partial charge in [0.2, 0.25) is 5.91 Å². The molecule has 0 saturated heterocycles. The molecule has 1 fully saturated rings. The van der Waals surface area contributed by atoms with Gasteiger partial charge in [-0.05, 0) is 19.1 Å². The molecule has 0 aliphatic heterocycles. The second-order valence-corrected chi connectivity index (χ2v) is 5.76. The molecule has 0 bridgehead atoms. The van der Waals surface area contributed by atoms with Crippen molar-refractivity contribution in [1.82, 2.24) is 5.32 Å². The van der Waals surface area contributed by atoms with Crippen LogP contribution >= 0.6 is 11.8 Å². The van der Waals surface area contributed by atoms with E-state index >= 15 is 0 Å². The number of carbonyl (C=O) groups is 1. The Kier molecular flexibility index (Phi) is 3.28. The smallest absolute Gasteiger partial charge is 0.225 e. The summed E-state index contributed by atoms with van der Waals surface area (Å²) >= 11 is 1.86. The van der Waals surface area contributed by atoms with Crippen LogP contribution in [0, 0.1) is 5.41 Å². The van der Waals surface area contributed by atoms with Crippen LogP contribution in [-0.4, -0.2) is 23.5 Å². The number of thioether (sulfide) groups is 1. The number of carbonyl (C=O) groups excluding carboxylic acids is 1. The summed E-state index contributed by atoms with van der Waals surface area (Å²) in [7, 11) is 0. The predicted octanol–water partition coefficient (Wildman–Crippen LogP) is 2.04. The van der Waals surface area contributed by atoms with Crippen LogP contribution in [-0.2, 0) is 4.79 Å². The summed E-state index contributed by atoms with van der Waals surface area (Å²) in [6.45, 7) is 5.86. The molecule has 0 aromatic rings. The highest BCUT2D eigenvalue weighted by molar-refractivity contribution is 7.99. The molecule has 1 amide bonds. The number of amides is 1. The molecule has 1 aliphatic carbocycles. The average molecular weight is 201 g/mol. The molecule has 1 N–H and O–H groups in total. The van der Waals surface area contributed by atoms with Crippen LogP contribution in [0.4, 0.5) is 0 Å². The maximum absolute atomic E-state index is 11.6. The summed E-state index contributed by atoms with van der Waals surface area (Å²) in [6.07, 6.45) is 4.50. The summed E-state index contributed by atoms with van der Waals surface area (Å²) in [5, 5.41) is 3.74. The minimum absolute atomic E-state index is 0.177. The van der Waals surface area contributed by atoms with Gasteiger partial charge >= 0.3 is 0 Å². The van der Waals surface area contributed by atoms with Crippen LogP contribution in [0.1, 0.15) is 33.6 Å². The van der Waals surface area contributed by atoms with Crippen molar-refractivity contribution in [2.24, 2.45) is 5.41 Å². The van der Waals surface area contributed by atoms with Gasteiger partial charge in [0.05, 0.1) is 0 Å². The van der Waals surface area contributed by atoms with Crippen LogP contribution in [0.2, 0.25) is 0 Å². The van der Waals surface area contributed by atoms with Crippen LogP contribution in [0.15, 0.2) is 0 Å². The molecule has 1 rings (SSSR count). The van der Waals surface area contributed by atoms with Crippen LogP contribution < -0.4 is 5.32 Å². The Hall–Kier alpha value is -0.180. The molecule has 3 heteroatoms. The first-order valence-corrected chi connectivity index (χ1v) is 6.07. The van der Waals surface area contributed by atoms with Crippen molar-refractivity contribution >= 4 is 17.7 Å². The zero-order valence-corrected chi connectivity index (χ0v) is 9.70. The summed E-state index contributed by atoms with van der Waals surface area (Å²) in [6, 6.07) is 0.418. The van der Waals surface area contributed by atoms with Gasteiger partial charge in [-0.15, -0.1) is 0 Å². The van der Waals surface area contributed by atoms with E-state index in [2.05, 4.69) is 11.6 Å². The van der Waals surface area contributed by atoms with E-state index in [1.54, 1.807) is 0 Å². The predicted molar refractivity (Wildman–Crippen MR) is 57.9 cm³/mol. The minimum Gasteiger partial charge on any atom is -0.352 e. The van der Waals surface area contributed by atoms with E-state index in [-0.39, 0.29) is 11.3 Å². The lowest BCUT2D eigenvalue weighted by molar-refractivity contribution is -0.129. The van der Waals surface area contributed by atoms with Crippen molar-refractivity contribution in [2.45, 2.75) is 44.9 Å². The molecule has 1 saturated carbocycles. The van der Waals surface area contributed by atoms with Gasteiger partial charge in [0.15, 0.2) is 0 Å². The van der Waals surface area contributed by atoms with Crippen molar-refractivity contribution in [3.8, 4) is 0 Å². The lowest BCUT2D eigenvalue weighted by Crippen LogP contribution is -2.51. The Bertz CT molecular complexity index is 196. The summed E-state index contributed by atoms with van der Waals surface area (Å²) in [5.74, 6) is 0.177. The topological polar surface area (TPSA) is 29.1 Å². The molecule has 76 valence electrons. The fourth-order valence-electron chi connectivity index (χ4n) is 1.30. The molecule has 0 aromatic carbocycles. The fourth-order valence-corrected chi connectivity index (χ4v) is 2.21. The van der Waals surface area contributed by atoms with E-state index in [1.807, 2.05) is 32.5 Å². The standard InChI is InChI=1S/C10H19NOS/c1-10(2,3)9(12)11-7-5-6-8(7)13-4/h7-8H,5-6H2,1-4H3,(H,11,12). The Morgan fingerprint density at radius 2 is 2.00 bits per heavy atom. The molecule has 0 heterocycles. The van der Waals surface area contributed by atoms with Gasteiger partial charge in [-0.25, -0.2) is 0 Å². The maximum Gasteiger partial charge on any atom is 0.225 e. The molecule has 1 aliphatic rings. The average Bonchev–Trinajstić information content (AvgIpc) is 1.96. The fraction of sp³-hybridized carbons (Fsp3) is 0.900. The van der Waals surface area contributed by atoms with Crippen molar-refractivity contribution in [2.75, 3.05) is 6.26 Å². The second kappa shape index (κ2) is 3.91. The largest absolute Gasteiger partial charge is 0.352 e. The monoisotopic (exact) mass is 201 g/mol. The highest BCUT2D eigenvalue weighted by atomic mass is 32.2. The Morgan fingerprint density at radius 3 is 2.31 bits per heavy atom. The Balaban J connectivity index is 2.37. The maximum atomic E-state index is 11.6. The van der Waals surface area contributed by atoms with Crippen molar-refractivity contribution in [1.29, 1.82) is 0 Å². The van der Waals surface area contributed by atoms with Gasteiger partial charge in [-0.2, -0.15) is 11.8 Å². The van der Waals surface area contributed by atoms with E-state index in [9.17, 15) is 4.79 Å². The molecule has 13 heavy (non-hydrogen) atoms. The molecular formula is C10H19NOS. The van der Waals surface area contributed by atoms with Crippen LogP contribution in [0.3, 0.4) is 0 Å². The van der Waals surface area contributed by atoms with E-state index in [0.29, 0.717) is 11.3 Å². The number of hydrogen-bond acceptors (Lipinski definition) is 2. The summed E-state index contributed by atoms with van der Waals surface area (Å²) in [4.78, 5) is 11.6. The van der Waals surface area contributed by atoms with E-state index in [0.717, 1.165) is 6.42 Å². The molecule has 2 atom stereocenters. The van der Waals surface area contributed by atoms with E-state index in [4.69, 9.17) is 0 Å². The van der Waals surface area contributed by atoms with Crippen molar-refractivity contribution in [3.63, 3.8) is 0 Å². The summed E-state index contributed by atoms with van der Waals surface area (Å²) < 4.78 is 0. The second-order valence-electron chi connectivity index (χ2n) is 4.68. The minimum atomic E-state index is -0.251. The van der Waals surface area contributed by atoms with Gasteiger partial charge in [0, 0.05) is 16.7 Å².